The lowest BCUT2D eigenvalue weighted by Gasteiger charge is -2.09. The molecule has 0 radical (unpaired) electrons. The predicted molar refractivity (Wildman–Crippen MR) is 79.2 cm³/mol. The van der Waals surface area contributed by atoms with Gasteiger partial charge in [-0.15, -0.1) is 0 Å². The van der Waals surface area contributed by atoms with Gasteiger partial charge >= 0.3 is 0 Å². The molecule has 0 aromatic heterocycles. The summed E-state index contributed by atoms with van der Waals surface area (Å²) in [4.78, 5) is 10.4. The minimum Gasteiger partial charge on any atom is -0.380 e. The van der Waals surface area contributed by atoms with E-state index in [0.29, 0.717) is 15.7 Å². The number of benzene rings is 2. The molecule has 0 aliphatic carbocycles. The van der Waals surface area contributed by atoms with Gasteiger partial charge in [0.2, 0.25) is 0 Å². The van der Waals surface area contributed by atoms with E-state index in [1.165, 1.54) is 18.2 Å². The molecule has 0 amide bonds. The number of hydrogen-bond acceptors (Lipinski definition) is 4. The highest BCUT2D eigenvalue weighted by Gasteiger charge is 2.13. The van der Waals surface area contributed by atoms with Gasteiger partial charge in [-0.05, 0) is 39.7 Å². The monoisotopic (exact) mass is 349 g/mol. The minimum absolute atomic E-state index is 0.0472. The molecule has 0 aliphatic heterocycles. The molecule has 0 unspecified atom stereocenters. The number of nitro groups is 1. The van der Waals surface area contributed by atoms with Crippen LogP contribution in [-0.4, -0.2) is 4.92 Å². The normalized spacial score (nSPS) is 9.95. The molecule has 1 N–H and O–H groups in total. The van der Waals surface area contributed by atoms with Crippen LogP contribution in [0.25, 0.3) is 0 Å². The highest BCUT2D eigenvalue weighted by atomic mass is 79.9. The average molecular weight is 350 g/mol. The van der Waals surface area contributed by atoms with E-state index in [4.69, 9.17) is 5.26 Å². The van der Waals surface area contributed by atoms with Crippen molar-refractivity contribution in [3.8, 4) is 6.07 Å². The molecule has 0 bridgehead atoms. The second kappa shape index (κ2) is 6.33. The molecule has 0 saturated carbocycles. The van der Waals surface area contributed by atoms with Crippen LogP contribution in [0.2, 0.25) is 0 Å². The van der Waals surface area contributed by atoms with Crippen LogP contribution in [0.3, 0.4) is 0 Å². The average Bonchev–Trinajstić information content (AvgIpc) is 2.46. The van der Waals surface area contributed by atoms with E-state index in [9.17, 15) is 14.5 Å². The Morgan fingerprint density at radius 1 is 1.38 bits per heavy atom. The third kappa shape index (κ3) is 3.35. The minimum atomic E-state index is -0.607. The zero-order valence-electron chi connectivity index (χ0n) is 10.6. The first-order valence-corrected chi connectivity index (χ1v) is 6.67. The van der Waals surface area contributed by atoms with Gasteiger partial charge < -0.3 is 5.32 Å². The summed E-state index contributed by atoms with van der Waals surface area (Å²) in [6, 6.07) is 10.8. The topological polar surface area (TPSA) is 79.0 Å². The lowest BCUT2D eigenvalue weighted by Crippen LogP contribution is -2.03. The van der Waals surface area contributed by atoms with Gasteiger partial charge in [-0.2, -0.15) is 5.26 Å². The molecule has 2 aromatic rings. The van der Waals surface area contributed by atoms with E-state index in [0.717, 1.165) is 0 Å². The zero-order chi connectivity index (χ0) is 15.4. The van der Waals surface area contributed by atoms with Crippen molar-refractivity contribution >= 4 is 27.3 Å². The molecule has 2 aromatic carbocycles. The number of nitrogens with one attached hydrogen (secondary N) is 1. The van der Waals surface area contributed by atoms with Crippen LogP contribution in [0, 0.1) is 27.3 Å². The fourth-order valence-electron chi connectivity index (χ4n) is 1.79. The SMILES string of the molecule is N#Cc1c(F)cccc1NCc1ccc(Br)c([N+](=O)[O-])c1. The lowest BCUT2D eigenvalue weighted by molar-refractivity contribution is -0.385. The quantitative estimate of drug-likeness (QED) is 0.668. The molecule has 5 nitrogen and oxygen atoms in total. The summed E-state index contributed by atoms with van der Waals surface area (Å²) >= 11 is 3.10. The van der Waals surface area contributed by atoms with Gasteiger partial charge in [0.25, 0.3) is 5.69 Å². The highest BCUT2D eigenvalue weighted by molar-refractivity contribution is 9.10. The lowest BCUT2D eigenvalue weighted by atomic mass is 10.1. The van der Waals surface area contributed by atoms with Crippen molar-refractivity contribution in [2.45, 2.75) is 6.54 Å². The molecule has 0 spiro atoms. The molecule has 7 heteroatoms. The van der Waals surface area contributed by atoms with Gasteiger partial charge in [0.1, 0.15) is 17.4 Å². The first-order chi connectivity index (χ1) is 10.0. The maximum Gasteiger partial charge on any atom is 0.283 e. The van der Waals surface area contributed by atoms with Crippen molar-refractivity contribution < 1.29 is 9.31 Å². The van der Waals surface area contributed by atoms with Gasteiger partial charge in [0, 0.05) is 12.6 Å². The van der Waals surface area contributed by atoms with E-state index in [1.807, 2.05) is 0 Å². The molecular weight excluding hydrogens is 341 g/mol. The van der Waals surface area contributed by atoms with Crippen molar-refractivity contribution in [3.63, 3.8) is 0 Å². The summed E-state index contributed by atoms with van der Waals surface area (Å²) in [5, 5.41) is 22.7. The second-order valence-electron chi connectivity index (χ2n) is 4.17. The maximum absolute atomic E-state index is 13.4. The molecule has 21 heavy (non-hydrogen) atoms. The second-order valence-corrected chi connectivity index (χ2v) is 5.02. The van der Waals surface area contributed by atoms with Crippen molar-refractivity contribution in [2.24, 2.45) is 0 Å². The molecule has 0 heterocycles. The fraction of sp³-hybridized carbons (Fsp3) is 0.0714. The number of nitro benzene ring substituents is 1. The third-order valence-electron chi connectivity index (χ3n) is 2.82. The molecule has 0 saturated heterocycles. The Bertz CT molecular complexity index is 743. The number of halogens is 2. The molecule has 106 valence electrons. The van der Waals surface area contributed by atoms with Crippen LogP contribution >= 0.6 is 15.9 Å². The zero-order valence-corrected chi connectivity index (χ0v) is 12.2. The van der Waals surface area contributed by atoms with Crippen LogP contribution in [0.4, 0.5) is 15.8 Å². The van der Waals surface area contributed by atoms with E-state index in [2.05, 4.69) is 21.2 Å². The summed E-state index contributed by atoms with van der Waals surface area (Å²) in [6.07, 6.45) is 0. The molecule has 0 atom stereocenters. The number of nitrogens with zero attached hydrogens (tertiary/aromatic N) is 2. The van der Waals surface area contributed by atoms with Gasteiger partial charge in [-0.3, -0.25) is 10.1 Å². The Kier molecular flexibility index (Phi) is 4.50. The predicted octanol–water partition coefficient (Wildman–Crippen LogP) is 3.98. The van der Waals surface area contributed by atoms with Gasteiger partial charge in [0.15, 0.2) is 0 Å². The van der Waals surface area contributed by atoms with Crippen molar-refractivity contribution in [3.05, 3.63) is 67.9 Å². The van der Waals surface area contributed by atoms with Crippen molar-refractivity contribution in [1.29, 1.82) is 5.26 Å². The van der Waals surface area contributed by atoms with E-state index in [-0.39, 0.29) is 17.8 Å². The first kappa shape index (κ1) is 14.9. The van der Waals surface area contributed by atoms with Gasteiger partial charge in [-0.25, -0.2) is 4.39 Å². The first-order valence-electron chi connectivity index (χ1n) is 5.88. The summed E-state index contributed by atoms with van der Waals surface area (Å²) in [5.74, 6) is -0.607. The fourth-order valence-corrected chi connectivity index (χ4v) is 2.18. The molecule has 0 fully saturated rings. The van der Waals surface area contributed by atoms with Crippen LogP contribution < -0.4 is 5.32 Å². The van der Waals surface area contributed by atoms with Gasteiger partial charge in [0.05, 0.1) is 15.1 Å². The smallest absolute Gasteiger partial charge is 0.283 e. The summed E-state index contributed by atoms with van der Waals surface area (Å²) in [6.45, 7) is 0.242. The standard InChI is InChI=1S/C14H9BrFN3O2/c15-11-5-4-9(6-14(11)19(20)21)8-18-13-3-1-2-12(16)10(13)7-17/h1-6,18H,8H2. The summed E-state index contributed by atoms with van der Waals surface area (Å²) in [5.41, 5.74) is 0.874. The summed E-state index contributed by atoms with van der Waals surface area (Å²) in [7, 11) is 0. The number of rotatable bonds is 4. The Morgan fingerprint density at radius 2 is 2.14 bits per heavy atom. The highest BCUT2D eigenvalue weighted by Crippen LogP contribution is 2.26. The Balaban J connectivity index is 2.22. The van der Waals surface area contributed by atoms with Crippen LogP contribution in [0.15, 0.2) is 40.9 Å². The van der Waals surface area contributed by atoms with Crippen LogP contribution in [-0.2, 0) is 6.54 Å². The van der Waals surface area contributed by atoms with Crippen LogP contribution in [0.5, 0.6) is 0 Å². The largest absolute Gasteiger partial charge is 0.380 e. The maximum atomic E-state index is 13.4. The van der Waals surface area contributed by atoms with E-state index < -0.39 is 10.7 Å². The van der Waals surface area contributed by atoms with Crippen molar-refractivity contribution in [2.75, 3.05) is 5.32 Å². The van der Waals surface area contributed by atoms with E-state index >= 15 is 0 Å². The Hall–Kier alpha value is -2.46. The van der Waals surface area contributed by atoms with Crippen LogP contribution in [0.1, 0.15) is 11.1 Å². The third-order valence-corrected chi connectivity index (χ3v) is 3.49. The number of anilines is 1. The number of hydrogen-bond donors (Lipinski definition) is 1. The molecule has 0 aliphatic rings. The summed E-state index contributed by atoms with van der Waals surface area (Å²) < 4.78 is 13.8. The Labute approximate surface area is 128 Å². The molecule has 2 rings (SSSR count). The molecular formula is C14H9BrFN3O2. The van der Waals surface area contributed by atoms with Gasteiger partial charge in [-0.1, -0.05) is 12.1 Å². The van der Waals surface area contributed by atoms with Crippen molar-refractivity contribution in [1.82, 2.24) is 0 Å². The number of nitriles is 1. The Morgan fingerprint density at radius 3 is 2.81 bits per heavy atom. The van der Waals surface area contributed by atoms with E-state index in [1.54, 1.807) is 24.3 Å².